The molecule has 0 amide bonds. The third kappa shape index (κ3) is 6.73. The summed E-state index contributed by atoms with van der Waals surface area (Å²) >= 11 is 0. The Morgan fingerprint density at radius 3 is 1.22 bits per heavy atom. The van der Waals surface area contributed by atoms with Gasteiger partial charge in [0.1, 0.15) is 11.5 Å². The summed E-state index contributed by atoms with van der Waals surface area (Å²) in [5, 5.41) is 0. The minimum atomic E-state index is 0.0441. The molecule has 0 atom stereocenters. The van der Waals surface area contributed by atoms with Gasteiger partial charge in [-0.25, -0.2) is 0 Å². The number of hydrogen-bond donors (Lipinski definition) is 0. The smallest absolute Gasteiger partial charge is 0.128 e. The number of pyridine rings is 2. The van der Waals surface area contributed by atoms with Crippen molar-refractivity contribution in [3.63, 3.8) is 0 Å². The quantitative estimate of drug-likeness (QED) is 0.194. The molecule has 0 radical (unpaired) electrons. The second kappa shape index (κ2) is 12.2. The van der Waals surface area contributed by atoms with Crippen LogP contribution in [0.3, 0.4) is 0 Å². The number of benzene rings is 4. The molecule has 0 unspecified atom stereocenters. The Kier molecular flexibility index (Phi) is 8.12. The van der Waals surface area contributed by atoms with Crippen molar-refractivity contribution in [1.82, 2.24) is 9.97 Å². The van der Waals surface area contributed by atoms with E-state index in [2.05, 4.69) is 139 Å². The number of aromatic nitrogens is 2. The Morgan fingerprint density at radius 1 is 0.422 bits per heavy atom. The summed E-state index contributed by atoms with van der Waals surface area (Å²) in [4.78, 5) is 9.50. The van der Waals surface area contributed by atoms with Crippen LogP contribution in [-0.2, 0) is 10.8 Å². The van der Waals surface area contributed by atoms with Gasteiger partial charge < -0.3 is 4.74 Å². The van der Waals surface area contributed by atoms with Crippen molar-refractivity contribution in [3.8, 4) is 56.3 Å². The molecule has 2 aromatic heterocycles. The van der Waals surface area contributed by atoms with Crippen molar-refractivity contribution < 1.29 is 4.74 Å². The molecule has 6 aromatic rings. The minimum absolute atomic E-state index is 0.0441. The van der Waals surface area contributed by atoms with Gasteiger partial charge in [0.2, 0.25) is 0 Å². The molecule has 4 aromatic carbocycles. The van der Waals surface area contributed by atoms with E-state index in [1.807, 2.05) is 36.7 Å². The van der Waals surface area contributed by atoms with Crippen LogP contribution in [0.4, 0.5) is 0 Å². The Labute approximate surface area is 267 Å². The molecule has 45 heavy (non-hydrogen) atoms. The number of ether oxygens (including phenoxy) is 1. The van der Waals surface area contributed by atoms with Crippen LogP contribution in [0.2, 0.25) is 0 Å². The SMILES string of the molecule is CC(C)(C)c1ccnc(-c2ccccc2-c2cccc(Oc3cccc(-c4ccccc4-c4cc(C(C)(C)C)ccn4)c3)c2)c1. The Morgan fingerprint density at radius 2 is 0.822 bits per heavy atom. The zero-order valence-corrected chi connectivity index (χ0v) is 27.0. The lowest BCUT2D eigenvalue weighted by Gasteiger charge is -2.20. The molecular weight excluding hydrogens is 548 g/mol. The average molecular weight is 589 g/mol. The first-order chi connectivity index (χ1) is 21.6. The highest BCUT2D eigenvalue weighted by Gasteiger charge is 2.18. The second-order valence-electron chi connectivity index (χ2n) is 13.6. The topological polar surface area (TPSA) is 35.0 Å². The van der Waals surface area contributed by atoms with E-state index >= 15 is 0 Å². The molecule has 0 spiro atoms. The van der Waals surface area contributed by atoms with E-state index in [0.717, 1.165) is 56.3 Å². The fourth-order valence-electron chi connectivity index (χ4n) is 5.60. The molecule has 0 saturated carbocycles. The number of hydrogen-bond acceptors (Lipinski definition) is 3. The van der Waals surface area contributed by atoms with Crippen LogP contribution in [0, 0.1) is 0 Å². The molecule has 0 bridgehead atoms. The molecule has 224 valence electrons. The monoisotopic (exact) mass is 588 g/mol. The van der Waals surface area contributed by atoms with Crippen LogP contribution in [-0.4, -0.2) is 9.97 Å². The van der Waals surface area contributed by atoms with Crippen molar-refractivity contribution >= 4 is 0 Å². The van der Waals surface area contributed by atoms with Gasteiger partial charge in [-0.15, -0.1) is 0 Å². The Bertz CT molecular complexity index is 1820. The summed E-state index contributed by atoms with van der Waals surface area (Å²) in [5.41, 5.74) is 11.2. The molecule has 3 nitrogen and oxygen atoms in total. The molecule has 0 N–H and O–H groups in total. The highest BCUT2D eigenvalue weighted by atomic mass is 16.5. The van der Waals surface area contributed by atoms with Gasteiger partial charge in [0.15, 0.2) is 0 Å². The van der Waals surface area contributed by atoms with Gasteiger partial charge in [0.25, 0.3) is 0 Å². The lowest BCUT2D eigenvalue weighted by molar-refractivity contribution is 0.483. The van der Waals surface area contributed by atoms with Crippen molar-refractivity contribution in [2.45, 2.75) is 52.4 Å². The molecule has 6 rings (SSSR count). The molecule has 3 heteroatoms. The molecule has 0 aliphatic carbocycles. The number of nitrogens with zero attached hydrogens (tertiary/aromatic N) is 2. The standard InChI is InChI=1S/C42H40N2O/c1-41(2,3)31-21-23-43-39(27-31)37-19-9-7-17-35(37)29-13-11-15-33(25-29)45-34-16-12-14-30(26-34)36-18-8-10-20-38(36)40-28-32(22-24-44-40)42(4,5)6/h7-28H,1-6H3. The van der Waals surface area contributed by atoms with Gasteiger partial charge in [-0.3, -0.25) is 9.97 Å². The first-order valence-corrected chi connectivity index (χ1v) is 15.6. The highest BCUT2D eigenvalue weighted by Crippen LogP contribution is 2.37. The minimum Gasteiger partial charge on any atom is -0.457 e. The van der Waals surface area contributed by atoms with Gasteiger partial charge in [-0.05, 0) is 92.7 Å². The maximum Gasteiger partial charge on any atom is 0.128 e. The van der Waals surface area contributed by atoms with Crippen LogP contribution >= 0.6 is 0 Å². The fraction of sp³-hybridized carbons (Fsp3) is 0.190. The zero-order chi connectivity index (χ0) is 31.6. The van der Waals surface area contributed by atoms with E-state index in [0.29, 0.717) is 0 Å². The first kappa shape index (κ1) is 30.0. The van der Waals surface area contributed by atoms with Gasteiger partial charge >= 0.3 is 0 Å². The third-order valence-corrected chi connectivity index (χ3v) is 8.18. The summed E-state index contributed by atoms with van der Waals surface area (Å²) in [5.74, 6) is 1.56. The van der Waals surface area contributed by atoms with Gasteiger partial charge in [-0.1, -0.05) is 114 Å². The fourth-order valence-corrected chi connectivity index (χ4v) is 5.60. The van der Waals surface area contributed by atoms with E-state index in [1.165, 1.54) is 11.1 Å². The van der Waals surface area contributed by atoms with Crippen molar-refractivity contribution in [3.05, 3.63) is 145 Å². The molecular formula is C42H40N2O. The third-order valence-electron chi connectivity index (χ3n) is 8.18. The normalized spacial score (nSPS) is 11.8. The zero-order valence-electron chi connectivity index (χ0n) is 27.0. The van der Waals surface area contributed by atoms with Gasteiger partial charge in [0.05, 0.1) is 11.4 Å². The van der Waals surface area contributed by atoms with Gasteiger partial charge in [0, 0.05) is 23.5 Å². The van der Waals surface area contributed by atoms with Crippen LogP contribution in [0.15, 0.2) is 134 Å². The predicted octanol–water partition coefficient (Wildman–Crippen LogP) is 11.5. The molecule has 2 heterocycles. The van der Waals surface area contributed by atoms with Gasteiger partial charge in [-0.2, -0.15) is 0 Å². The first-order valence-electron chi connectivity index (χ1n) is 15.6. The van der Waals surface area contributed by atoms with Crippen LogP contribution in [0.25, 0.3) is 44.8 Å². The van der Waals surface area contributed by atoms with E-state index < -0.39 is 0 Å². The summed E-state index contributed by atoms with van der Waals surface area (Å²) < 4.78 is 6.49. The summed E-state index contributed by atoms with van der Waals surface area (Å²) in [6, 6.07) is 42.1. The molecule has 0 aliphatic rings. The summed E-state index contributed by atoms with van der Waals surface area (Å²) in [6.07, 6.45) is 3.82. The maximum atomic E-state index is 6.49. The van der Waals surface area contributed by atoms with E-state index in [1.54, 1.807) is 0 Å². The predicted molar refractivity (Wildman–Crippen MR) is 188 cm³/mol. The summed E-state index contributed by atoms with van der Waals surface area (Å²) in [7, 11) is 0. The van der Waals surface area contributed by atoms with Crippen LogP contribution in [0.5, 0.6) is 11.5 Å². The lowest BCUT2D eigenvalue weighted by atomic mass is 9.86. The molecule has 0 saturated heterocycles. The number of rotatable bonds is 6. The van der Waals surface area contributed by atoms with E-state index in [9.17, 15) is 0 Å². The van der Waals surface area contributed by atoms with Crippen LogP contribution < -0.4 is 4.74 Å². The van der Waals surface area contributed by atoms with E-state index in [-0.39, 0.29) is 10.8 Å². The summed E-state index contributed by atoms with van der Waals surface area (Å²) in [6.45, 7) is 13.4. The molecule has 0 aliphatic heterocycles. The van der Waals surface area contributed by atoms with Crippen LogP contribution in [0.1, 0.15) is 52.7 Å². The van der Waals surface area contributed by atoms with Crippen molar-refractivity contribution in [2.24, 2.45) is 0 Å². The lowest BCUT2D eigenvalue weighted by Crippen LogP contribution is -2.11. The molecule has 0 fully saturated rings. The Hall–Kier alpha value is -5.02. The maximum absolute atomic E-state index is 6.49. The van der Waals surface area contributed by atoms with Crippen molar-refractivity contribution in [2.75, 3.05) is 0 Å². The largest absolute Gasteiger partial charge is 0.457 e. The van der Waals surface area contributed by atoms with Crippen molar-refractivity contribution in [1.29, 1.82) is 0 Å². The average Bonchev–Trinajstić information content (AvgIpc) is 3.04. The second-order valence-corrected chi connectivity index (χ2v) is 13.6. The van der Waals surface area contributed by atoms with E-state index in [4.69, 9.17) is 14.7 Å². The highest BCUT2D eigenvalue weighted by molar-refractivity contribution is 5.84. The Balaban J connectivity index is 1.31.